The summed E-state index contributed by atoms with van der Waals surface area (Å²) in [5.74, 6) is -3.48. The lowest BCUT2D eigenvalue weighted by Gasteiger charge is -2.23. The first kappa shape index (κ1) is 18.8. The van der Waals surface area contributed by atoms with Crippen molar-refractivity contribution in [2.75, 3.05) is 11.9 Å². The first-order chi connectivity index (χ1) is 12.5. The summed E-state index contributed by atoms with van der Waals surface area (Å²) in [7, 11) is 0. The third kappa shape index (κ3) is 3.48. The maximum atomic E-state index is 12.8. The van der Waals surface area contributed by atoms with Gasteiger partial charge in [-0.15, -0.1) is 11.3 Å². The van der Waals surface area contributed by atoms with Gasteiger partial charge in [0, 0.05) is 4.88 Å². The molecule has 0 spiro atoms. The second-order valence-electron chi connectivity index (χ2n) is 6.60. The van der Waals surface area contributed by atoms with E-state index in [-0.39, 0.29) is 12.7 Å². The highest BCUT2D eigenvalue weighted by molar-refractivity contribution is 7.16. The molecular weight excluding hydrogens is 358 g/mol. The second kappa shape index (κ2) is 7.75. The van der Waals surface area contributed by atoms with Gasteiger partial charge in [-0.3, -0.25) is 9.59 Å². The lowest BCUT2D eigenvalue weighted by atomic mass is 9.79. The molecule has 2 saturated heterocycles. The van der Waals surface area contributed by atoms with Gasteiger partial charge in [0.25, 0.3) is 0 Å². The summed E-state index contributed by atoms with van der Waals surface area (Å²) in [5.41, 5.74) is 0.324. The lowest BCUT2D eigenvalue weighted by molar-refractivity contribution is -0.147. The molecule has 2 aliphatic rings. The summed E-state index contributed by atoms with van der Waals surface area (Å²) in [6, 6.07) is 1.74. The highest BCUT2D eigenvalue weighted by atomic mass is 32.1. The zero-order chi connectivity index (χ0) is 18.8. The van der Waals surface area contributed by atoms with E-state index < -0.39 is 35.8 Å². The Hall–Kier alpha value is -1.93. The van der Waals surface area contributed by atoms with Gasteiger partial charge in [-0.2, -0.15) is 0 Å². The number of ether oxygens (including phenoxy) is 2. The molecule has 1 aromatic heterocycles. The number of hydrogen-bond acceptors (Lipinski definition) is 6. The third-order valence-electron chi connectivity index (χ3n) is 4.87. The maximum Gasteiger partial charge on any atom is 0.341 e. The van der Waals surface area contributed by atoms with E-state index in [0.29, 0.717) is 23.4 Å². The van der Waals surface area contributed by atoms with Crippen LogP contribution in [0.25, 0.3) is 0 Å². The Morgan fingerprint density at radius 3 is 2.58 bits per heavy atom. The highest BCUT2D eigenvalue weighted by Crippen LogP contribution is 2.44. The van der Waals surface area contributed by atoms with E-state index in [9.17, 15) is 19.5 Å². The van der Waals surface area contributed by atoms with E-state index in [1.165, 1.54) is 11.3 Å². The van der Waals surface area contributed by atoms with Gasteiger partial charge < -0.3 is 19.9 Å². The van der Waals surface area contributed by atoms with Crippen molar-refractivity contribution in [1.29, 1.82) is 0 Å². The molecule has 2 N–H and O–H groups in total. The third-order valence-corrected chi connectivity index (χ3v) is 5.98. The van der Waals surface area contributed by atoms with E-state index in [0.717, 1.165) is 17.7 Å². The van der Waals surface area contributed by atoms with Crippen molar-refractivity contribution in [3.63, 3.8) is 0 Å². The standard InChI is InChI=1S/C18H23NO6S/c1-3-5-9-8-10(18(23)24-4-2)16(26-9)19-15(20)13-11-6-7-12(25-11)14(13)17(21)22/h8,11-14H,3-7H2,1-2H3,(H,19,20)(H,21,22)/t11-,12+,13+,14+/m1/s1. The summed E-state index contributed by atoms with van der Waals surface area (Å²) < 4.78 is 10.7. The van der Waals surface area contributed by atoms with Crippen LogP contribution in [0.5, 0.6) is 0 Å². The molecule has 2 aliphatic heterocycles. The minimum atomic E-state index is -1.01. The summed E-state index contributed by atoms with van der Waals surface area (Å²) >= 11 is 1.33. The quantitative estimate of drug-likeness (QED) is 0.704. The lowest BCUT2D eigenvalue weighted by Crippen LogP contribution is -2.41. The summed E-state index contributed by atoms with van der Waals surface area (Å²) in [6.07, 6.45) is 2.28. The van der Waals surface area contributed by atoms with E-state index >= 15 is 0 Å². The number of thiophene rings is 1. The molecule has 8 heteroatoms. The number of aryl methyl sites for hydroxylation is 1. The Labute approximate surface area is 155 Å². The van der Waals surface area contributed by atoms with Crippen LogP contribution in [-0.4, -0.2) is 41.8 Å². The van der Waals surface area contributed by atoms with Crippen LogP contribution in [0, 0.1) is 11.8 Å². The maximum absolute atomic E-state index is 12.8. The minimum absolute atomic E-state index is 0.243. The van der Waals surface area contributed by atoms with Gasteiger partial charge in [0.2, 0.25) is 5.91 Å². The molecule has 0 aromatic carbocycles. The van der Waals surface area contributed by atoms with E-state index in [4.69, 9.17) is 9.47 Å². The molecule has 0 saturated carbocycles. The summed E-state index contributed by atoms with van der Waals surface area (Å²) in [5, 5.41) is 12.7. The number of rotatable bonds is 7. The average molecular weight is 381 g/mol. The fourth-order valence-electron chi connectivity index (χ4n) is 3.78. The van der Waals surface area contributed by atoms with Crippen LogP contribution in [0.15, 0.2) is 6.07 Å². The second-order valence-corrected chi connectivity index (χ2v) is 7.73. The monoisotopic (exact) mass is 381 g/mol. The number of carbonyl (C=O) groups is 3. The zero-order valence-corrected chi connectivity index (χ0v) is 15.6. The van der Waals surface area contributed by atoms with E-state index in [2.05, 4.69) is 5.32 Å². The van der Waals surface area contributed by atoms with E-state index in [1.54, 1.807) is 13.0 Å². The largest absolute Gasteiger partial charge is 0.481 e. The molecule has 2 bridgehead atoms. The number of carboxylic acids is 1. The molecular formula is C18H23NO6S. The zero-order valence-electron chi connectivity index (χ0n) is 14.8. The number of esters is 1. The number of carboxylic acid groups (broad SMARTS) is 1. The van der Waals surface area contributed by atoms with E-state index in [1.807, 2.05) is 6.92 Å². The van der Waals surface area contributed by atoms with Crippen molar-refractivity contribution >= 4 is 34.2 Å². The molecule has 3 rings (SSSR count). The van der Waals surface area contributed by atoms with Crippen molar-refractivity contribution < 1.29 is 29.0 Å². The predicted molar refractivity (Wildman–Crippen MR) is 95.4 cm³/mol. The van der Waals surface area contributed by atoms with Gasteiger partial charge in [-0.05, 0) is 32.3 Å². The minimum Gasteiger partial charge on any atom is -0.481 e. The first-order valence-electron chi connectivity index (χ1n) is 8.95. The number of anilines is 1. The Bertz CT molecular complexity index is 715. The molecule has 2 fully saturated rings. The molecule has 0 radical (unpaired) electrons. The summed E-state index contributed by atoms with van der Waals surface area (Å²) in [4.78, 5) is 37.6. The number of hydrogen-bond donors (Lipinski definition) is 2. The molecule has 7 nitrogen and oxygen atoms in total. The summed E-state index contributed by atoms with van der Waals surface area (Å²) in [6.45, 7) is 4.00. The van der Waals surface area contributed by atoms with Gasteiger partial charge in [0.05, 0.1) is 36.2 Å². The van der Waals surface area contributed by atoms with Crippen LogP contribution in [-0.2, 0) is 25.5 Å². The fraction of sp³-hybridized carbons (Fsp3) is 0.611. The highest BCUT2D eigenvalue weighted by Gasteiger charge is 2.55. The Balaban J connectivity index is 1.82. The van der Waals surface area contributed by atoms with Crippen LogP contribution < -0.4 is 5.32 Å². The van der Waals surface area contributed by atoms with Crippen molar-refractivity contribution in [3.8, 4) is 0 Å². The van der Waals surface area contributed by atoms with Crippen LogP contribution in [0.3, 0.4) is 0 Å². The molecule has 4 atom stereocenters. The Morgan fingerprint density at radius 1 is 1.27 bits per heavy atom. The van der Waals surface area contributed by atoms with Crippen molar-refractivity contribution in [1.82, 2.24) is 0 Å². The van der Waals surface area contributed by atoms with Gasteiger partial charge in [-0.25, -0.2) is 4.79 Å². The number of nitrogens with one attached hydrogen (secondary N) is 1. The molecule has 0 aliphatic carbocycles. The van der Waals surface area contributed by atoms with Crippen LogP contribution in [0.2, 0.25) is 0 Å². The molecule has 3 heterocycles. The normalized spacial score (nSPS) is 26.7. The molecule has 0 unspecified atom stereocenters. The van der Waals surface area contributed by atoms with Crippen LogP contribution in [0.4, 0.5) is 5.00 Å². The predicted octanol–water partition coefficient (Wildman–Crippen LogP) is 2.69. The van der Waals surface area contributed by atoms with Crippen molar-refractivity contribution in [2.45, 2.75) is 51.7 Å². The topological polar surface area (TPSA) is 102 Å². The Morgan fingerprint density at radius 2 is 1.96 bits per heavy atom. The fourth-order valence-corrected chi connectivity index (χ4v) is 4.93. The number of carbonyl (C=O) groups excluding carboxylic acids is 2. The molecule has 1 amide bonds. The molecule has 142 valence electrons. The van der Waals surface area contributed by atoms with Gasteiger partial charge in [0.1, 0.15) is 5.00 Å². The van der Waals surface area contributed by atoms with Gasteiger partial charge in [-0.1, -0.05) is 13.3 Å². The average Bonchev–Trinajstić information content (AvgIpc) is 3.29. The Kier molecular flexibility index (Phi) is 5.62. The van der Waals surface area contributed by atoms with Crippen molar-refractivity contribution in [3.05, 3.63) is 16.5 Å². The molecule has 1 aromatic rings. The molecule has 26 heavy (non-hydrogen) atoms. The van der Waals surface area contributed by atoms with Crippen LogP contribution in [0.1, 0.15) is 48.3 Å². The van der Waals surface area contributed by atoms with Crippen molar-refractivity contribution in [2.24, 2.45) is 11.8 Å². The number of amides is 1. The van der Waals surface area contributed by atoms with Crippen LogP contribution >= 0.6 is 11.3 Å². The number of fused-ring (bicyclic) bond motifs is 2. The first-order valence-corrected chi connectivity index (χ1v) is 9.76. The smallest absolute Gasteiger partial charge is 0.341 e. The SMILES string of the molecule is CCCc1cc(C(=O)OCC)c(NC(=O)[C@@H]2[C@@H](C(=O)O)[C@@H]3CC[C@H]2O3)s1. The van der Waals surface area contributed by atoms with Gasteiger partial charge >= 0.3 is 11.9 Å². The number of aliphatic carboxylic acids is 1. The van der Waals surface area contributed by atoms with Gasteiger partial charge in [0.15, 0.2) is 0 Å².